The number of para-hydroxylation sites is 1. The number of nitro groups is 1. The van der Waals surface area contributed by atoms with Crippen LogP contribution in [0.3, 0.4) is 0 Å². The Morgan fingerprint density at radius 3 is 2.79 bits per heavy atom. The smallest absolute Gasteiger partial charge is 0.312 e. The third-order valence-corrected chi connectivity index (χ3v) is 3.81. The van der Waals surface area contributed by atoms with Crippen LogP contribution in [0, 0.1) is 20.9 Å². The molecule has 1 aliphatic carbocycles. The fourth-order valence-corrected chi connectivity index (χ4v) is 2.43. The Balaban J connectivity index is 2.12. The number of amidine groups is 1. The van der Waals surface area contributed by atoms with Crippen molar-refractivity contribution in [2.45, 2.75) is 19.3 Å². The number of rotatable bonds is 6. The van der Waals surface area contributed by atoms with Gasteiger partial charge >= 0.3 is 5.69 Å². The van der Waals surface area contributed by atoms with Crippen LogP contribution >= 0.6 is 15.9 Å². The van der Waals surface area contributed by atoms with Gasteiger partial charge in [0.05, 0.1) is 21.8 Å². The average molecular weight is 328 g/mol. The average Bonchev–Trinajstić information content (AvgIpc) is 3.06. The molecular weight excluding hydrogens is 314 g/mol. The topological polar surface area (TPSA) is 102 Å². The molecule has 6 nitrogen and oxygen atoms in total. The van der Waals surface area contributed by atoms with Gasteiger partial charge in [-0.25, -0.2) is 0 Å². The number of nitro benzene ring substituents is 1. The summed E-state index contributed by atoms with van der Waals surface area (Å²) in [7, 11) is 0. The number of ether oxygens (including phenoxy) is 1. The summed E-state index contributed by atoms with van der Waals surface area (Å²) in [6, 6.07) is 4.70. The molecule has 1 aliphatic rings. The maximum Gasteiger partial charge on any atom is 0.312 e. The van der Waals surface area contributed by atoms with Crippen molar-refractivity contribution in [3.8, 4) is 5.75 Å². The maximum atomic E-state index is 10.9. The third-order valence-electron chi connectivity index (χ3n) is 3.19. The summed E-state index contributed by atoms with van der Waals surface area (Å²) >= 11 is 3.26. The molecule has 1 saturated carbocycles. The number of nitrogens with zero attached hydrogens (tertiary/aromatic N) is 1. The van der Waals surface area contributed by atoms with E-state index in [0.717, 1.165) is 12.8 Å². The van der Waals surface area contributed by atoms with Crippen molar-refractivity contribution in [3.63, 3.8) is 0 Å². The van der Waals surface area contributed by atoms with Gasteiger partial charge < -0.3 is 10.5 Å². The molecular formula is C12H14BrN3O3. The van der Waals surface area contributed by atoms with E-state index in [4.69, 9.17) is 15.9 Å². The highest BCUT2D eigenvalue weighted by molar-refractivity contribution is 9.10. The molecule has 2 rings (SSSR count). The van der Waals surface area contributed by atoms with Gasteiger partial charge in [-0.1, -0.05) is 6.07 Å². The molecule has 0 unspecified atom stereocenters. The number of hydrogen-bond donors (Lipinski definition) is 2. The molecule has 0 aromatic heterocycles. The Morgan fingerprint density at radius 2 is 2.26 bits per heavy atom. The van der Waals surface area contributed by atoms with Gasteiger partial charge in [0.25, 0.3) is 0 Å². The second-order valence-electron chi connectivity index (χ2n) is 4.84. The van der Waals surface area contributed by atoms with Gasteiger partial charge in [-0.05, 0) is 34.8 Å². The van der Waals surface area contributed by atoms with Crippen LogP contribution in [-0.2, 0) is 0 Å². The van der Waals surface area contributed by atoms with Gasteiger partial charge in [0.2, 0.25) is 5.75 Å². The van der Waals surface area contributed by atoms with Crippen LogP contribution in [0.4, 0.5) is 5.69 Å². The summed E-state index contributed by atoms with van der Waals surface area (Å²) in [5, 5.41) is 18.3. The lowest BCUT2D eigenvalue weighted by Gasteiger charge is -2.16. The Hall–Kier alpha value is -1.63. The van der Waals surface area contributed by atoms with E-state index in [1.165, 1.54) is 6.07 Å². The van der Waals surface area contributed by atoms with Crippen LogP contribution in [0.1, 0.15) is 19.3 Å². The molecule has 0 atom stereocenters. The summed E-state index contributed by atoms with van der Waals surface area (Å²) < 4.78 is 6.17. The standard InChI is InChI=1S/C12H14BrN3O3/c13-8-2-1-3-9(16(17)18)11(8)19-7-12(4-5-12)6-10(14)15/h1-3H,4-7H2,(H3,14,15). The quantitative estimate of drug-likeness (QED) is 0.363. The zero-order valence-corrected chi connectivity index (χ0v) is 11.8. The normalized spacial score (nSPS) is 15.8. The van der Waals surface area contributed by atoms with Gasteiger partial charge in [-0.3, -0.25) is 15.5 Å². The third kappa shape index (κ3) is 3.23. The second kappa shape index (κ2) is 5.16. The fourth-order valence-electron chi connectivity index (χ4n) is 1.96. The molecule has 1 aromatic carbocycles. The Kier molecular flexibility index (Phi) is 3.75. The van der Waals surface area contributed by atoms with E-state index in [9.17, 15) is 10.1 Å². The van der Waals surface area contributed by atoms with E-state index in [1.54, 1.807) is 12.1 Å². The molecule has 0 aliphatic heterocycles. The van der Waals surface area contributed by atoms with Gasteiger partial charge in [-0.15, -0.1) is 0 Å². The zero-order valence-electron chi connectivity index (χ0n) is 10.2. The summed E-state index contributed by atoms with van der Waals surface area (Å²) in [6.45, 7) is 0.343. The first-order chi connectivity index (χ1) is 8.93. The summed E-state index contributed by atoms with van der Waals surface area (Å²) in [6.07, 6.45) is 2.35. The predicted molar refractivity (Wildman–Crippen MR) is 74.5 cm³/mol. The molecule has 0 amide bonds. The van der Waals surface area contributed by atoms with Crippen molar-refractivity contribution < 1.29 is 9.66 Å². The van der Waals surface area contributed by atoms with Crippen molar-refractivity contribution in [1.82, 2.24) is 0 Å². The molecule has 0 bridgehead atoms. The van der Waals surface area contributed by atoms with E-state index >= 15 is 0 Å². The molecule has 0 heterocycles. The van der Waals surface area contributed by atoms with E-state index in [1.807, 2.05) is 0 Å². The van der Waals surface area contributed by atoms with Crippen molar-refractivity contribution >= 4 is 27.5 Å². The first kappa shape index (κ1) is 13.8. The van der Waals surface area contributed by atoms with Gasteiger partial charge in [-0.2, -0.15) is 0 Å². The largest absolute Gasteiger partial charge is 0.485 e. The monoisotopic (exact) mass is 327 g/mol. The van der Waals surface area contributed by atoms with Crippen molar-refractivity contribution in [3.05, 3.63) is 32.8 Å². The highest BCUT2D eigenvalue weighted by Crippen LogP contribution is 2.49. The van der Waals surface area contributed by atoms with Crippen LogP contribution in [0.15, 0.2) is 22.7 Å². The predicted octanol–water partition coefficient (Wildman–Crippen LogP) is 2.84. The van der Waals surface area contributed by atoms with Crippen LogP contribution in [-0.4, -0.2) is 17.4 Å². The van der Waals surface area contributed by atoms with E-state index in [2.05, 4.69) is 15.9 Å². The minimum atomic E-state index is -0.468. The maximum absolute atomic E-state index is 10.9. The number of nitrogens with two attached hydrogens (primary N) is 1. The van der Waals surface area contributed by atoms with Gasteiger partial charge in [0.1, 0.15) is 0 Å². The SMILES string of the molecule is N=C(N)CC1(COc2c(Br)cccc2[N+](=O)[O-])CC1. The molecule has 0 spiro atoms. The summed E-state index contributed by atoms with van der Waals surface area (Å²) in [5.41, 5.74) is 5.23. The van der Waals surface area contributed by atoms with Crippen LogP contribution in [0.25, 0.3) is 0 Å². The van der Waals surface area contributed by atoms with Crippen molar-refractivity contribution in [2.24, 2.45) is 11.1 Å². The number of halogens is 1. The highest BCUT2D eigenvalue weighted by Gasteiger charge is 2.44. The minimum Gasteiger partial charge on any atom is -0.485 e. The first-order valence-corrected chi connectivity index (χ1v) is 6.61. The van der Waals surface area contributed by atoms with E-state index in [0.29, 0.717) is 17.5 Å². The van der Waals surface area contributed by atoms with Gasteiger partial charge in [0.15, 0.2) is 0 Å². The van der Waals surface area contributed by atoms with E-state index in [-0.39, 0.29) is 22.7 Å². The first-order valence-electron chi connectivity index (χ1n) is 5.82. The lowest BCUT2D eigenvalue weighted by Crippen LogP contribution is -2.22. The molecule has 7 heteroatoms. The lowest BCUT2D eigenvalue weighted by molar-refractivity contribution is -0.386. The Labute approximate surface area is 118 Å². The number of hydrogen-bond acceptors (Lipinski definition) is 4. The highest BCUT2D eigenvalue weighted by atomic mass is 79.9. The number of benzene rings is 1. The fraction of sp³-hybridized carbons (Fsp3) is 0.417. The molecule has 1 aromatic rings. The molecule has 102 valence electrons. The Bertz CT molecular complexity index is 529. The lowest BCUT2D eigenvalue weighted by atomic mass is 10.0. The molecule has 0 radical (unpaired) electrons. The Morgan fingerprint density at radius 1 is 1.58 bits per heavy atom. The van der Waals surface area contributed by atoms with Crippen LogP contribution < -0.4 is 10.5 Å². The zero-order chi connectivity index (χ0) is 14.0. The second-order valence-corrected chi connectivity index (χ2v) is 5.69. The summed E-state index contributed by atoms with van der Waals surface area (Å²) in [5.74, 6) is 0.366. The minimum absolute atomic E-state index is 0.0620. The molecule has 19 heavy (non-hydrogen) atoms. The molecule has 3 N–H and O–H groups in total. The molecule has 0 saturated heterocycles. The van der Waals surface area contributed by atoms with Crippen molar-refractivity contribution in [1.29, 1.82) is 5.41 Å². The van der Waals surface area contributed by atoms with Crippen LogP contribution in [0.5, 0.6) is 5.75 Å². The van der Waals surface area contributed by atoms with Crippen molar-refractivity contribution in [2.75, 3.05) is 6.61 Å². The summed E-state index contributed by atoms with van der Waals surface area (Å²) in [4.78, 5) is 10.5. The molecule has 1 fully saturated rings. The van der Waals surface area contributed by atoms with E-state index < -0.39 is 4.92 Å². The van der Waals surface area contributed by atoms with Crippen LogP contribution in [0.2, 0.25) is 0 Å². The number of nitrogens with one attached hydrogen (secondary N) is 1. The van der Waals surface area contributed by atoms with Gasteiger partial charge in [0, 0.05) is 17.9 Å².